The van der Waals surface area contributed by atoms with Crippen molar-refractivity contribution in [3.63, 3.8) is 0 Å². The van der Waals surface area contributed by atoms with Crippen molar-refractivity contribution >= 4 is 17.6 Å². The molecule has 1 rings (SSSR count). The van der Waals surface area contributed by atoms with Crippen LogP contribution in [0.25, 0.3) is 0 Å². The second kappa shape index (κ2) is 5.69. The van der Waals surface area contributed by atoms with Gasteiger partial charge in [-0.2, -0.15) is 0 Å². The summed E-state index contributed by atoms with van der Waals surface area (Å²) in [7, 11) is 1.25. The molecule has 104 valence electrons. The van der Waals surface area contributed by atoms with Gasteiger partial charge in [0, 0.05) is 0 Å². The zero-order valence-electron chi connectivity index (χ0n) is 11.0. The van der Waals surface area contributed by atoms with Crippen LogP contribution in [0.2, 0.25) is 0 Å². The lowest BCUT2D eigenvalue weighted by Gasteiger charge is -2.20. The molecule has 0 saturated carbocycles. The minimum atomic E-state index is -0.962. The Kier molecular flexibility index (Phi) is 4.47. The molecule has 0 atom stereocenters. The van der Waals surface area contributed by atoms with Gasteiger partial charge in [0.15, 0.2) is 0 Å². The van der Waals surface area contributed by atoms with Crippen molar-refractivity contribution in [2.45, 2.75) is 13.8 Å². The molecule has 0 bridgehead atoms. The van der Waals surface area contributed by atoms with Crippen LogP contribution in [0.5, 0.6) is 0 Å². The van der Waals surface area contributed by atoms with E-state index in [0.29, 0.717) is 0 Å². The fourth-order valence-electron chi connectivity index (χ4n) is 1.32. The highest BCUT2D eigenvalue weighted by atomic mass is 19.1. The van der Waals surface area contributed by atoms with Crippen LogP contribution in [-0.2, 0) is 14.3 Å². The normalized spacial score (nSPS) is 10.9. The number of esters is 2. The molecule has 2 N–H and O–H groups in total. The number of carbonyl (C=O) groups excluding carboxylic acids is 2. The number of rotatable bonds is 4. The molecule has 0 spiro atoms. The molecule has 6 heteroatoms. The van der Waals surface area contributed by atoms with Gasteiger partial charge in [-0.05, 0) is 32.0 Å². The van der Waals surface area contributed by atoms with Crippen molar-refractivity contribution in [2.75, 3.05) is 19.5 Å². The molecule has 1 aromatic carbocycles. The Bertz CT molecular complexity index is 499. The monoisotopic (exact) mass is 269 g/mol. The van der Waals surface area contributed by atoms with Crippen LogP contribution < -0.4 is 5.73 Å². The Labute approximate surface area is 110 Å². The summed E-state index contributed by atoms with van der Waals surface area (Å²) in [5, 5.41) is 0. The zero-order chi connectivity index (χ0) is 14.6. The lowest BCUT2D eigenvalue weighted by molar-refractivity contribution is -0.152. The van der Waals surface area contributed by atoms with Crippen LogP contribution in [0.1, 0.15) is 24.2 Å². The number of hydrogen-bond donors (Lipinski definition) is 1. The van der Waals surface area contributed by atoms with Crippen molar-refractivity contribution < 1.29 is 23.5 Å². The number of anilines is 1. The van der Waals surface area contributed by atoms with Crippen LogP contribution in [0.15, 0.2) is 18.2 Å². The van der Waals surface area contributed by atoms with Crippen LogP contribution in [0.3, 0.4) is 0 Å². The summed E-state index contributed by atoms with van der Waals surface area (Å²) >= 11 is 0. The number of methoxy groups -OCH3 is 1. The Hall–Kier alpha value is -2.11. The third-order valence-corrected chi connectivity index (χ3v) is 2.54. The van der Waals surface area contributed by atoms with E-state index in [2.05, 4.69) is 4.74 Å². The highest BCUT2D eigenvalue weighted by molar-refractivity contribution is 5.90. The van der Waals surface area contributed by atoms with Gasteiger partial charge in [-0.15, -0.1) is 0 Å². The van der Waals surface area contributed by atoms with E-state index in [9.17, 15) is 14.0 Å². The standard InChI is InChI=1S/C13H16FNO4/c1-13(2,12(17)18-3)7-19-11(16)8-4-5-10(15)9(14)6-8/h4-6H,7,15H2,1-3H3. The first-order chi connectivity index (χ1) is 8.77. The van der Waals surface area contributed by atoms with E-state index in [-0.39, 0.29) is 17.9 Å². The SMILES string of the molecule is COC(=O)C(C)(C)COC(=O)c1ccc(N)c(F)c1. The van der Waals surface area contributed by atoms with E-state index in [1.165, 1.54) is 19.2 Å². The highest BCUT2D eigenvalue weighted by Gasteiger charge is 2.30. The molecule has 0 unspecified atom stereocenters. The third kappa shape index (κ3) is 3.67. The molecule has 0 amide bonds. The quantitative estimate of drug-likeness (QED) is 0.665. The fraction of sp³-hybridized carbons (Fsp3) is 0.385. The number of nitrogen functional groups attached to an aromatic ring is 1. The van der Waals surface area contributed by atoms with Crippen LogP contribution in [-0.4, -0.2) is 25.7 Å². The number of carbonyl (C=O) groups is 2. The molecular formula is C13H16FNO4. The van der Waals surface area contributed by atoms with E-state index in [1.807, 2.05) is 0 Å². The first kappa shape index (κ1) is 14.9. The molecule has 1 aromatic rings. The number of hydrogen-bond acceptors (Lipinski definition) is 5. The summed E-state index contributed by atoms with van der Waals surface area (Å²) in [5.74, 6) is -1.92. The zero-order valence-corrected chi connectivity index (χ0v) is 11.0. The third-order valence-electron chi connectivity index (χ3n) is 2.54. The lowest BCUT2D eigenvalue weighted by atomic mass is 9.95. The van der Waals surface area contributed by atoms with Crippen molar-refractivity contribution in [3.05, 3.63) is 29.6 Å². The smallest absolute Gasteiger partial charge is 0.338 e. The molecular weight excluding hydrogens is 253 g/mol. The van der Waals surface area contributed by atoms with Gasteiger partial charge in [0.2, 0.25) is 0 Å². The molecule has 0 fully saturated rings. The van der Waals surface area contributed by atoms with E-state index < -0.39 is 23.2 Å². The maximum Gasteiger partial charge on any atom is 0.338 e. The van der Waals surface area contributed by atoms with Gasteiger partial charge in [0.25, 0.3) is 0 Å². The molecule has 0 aliphatic rings. The summed E-state index contributed by atoms with van der Waals surface area (Å²) < 4.78 is 22.7. The fourth-order valence-corrected chi connectivity index (χ4v) is 1.32. The Morgan fingerprint density at radius 3 is 2.53 bits per heavy atom. The van der Waals surface area contributed by atoms with E-state index >= 15 is 0 Å². The second-order valence-corrected chi connectivity index (χ2v) is 4.69. The Balaban J connectivity index is 2.70. The highest BCUT2D eigenvalue weighted by Crippen LogP contribution is 2.19. The lowest BCUT2D eigenvalue weighted by Crippen LogP contribution is -2.32. The Morgan fingerprint density at radius 2 is 2.00 bits per heavy atom. The number of benzene rings is 1. The minimum Gasteiger partial charge on any atom is -0.469 e. The van der Waals surface area contributed by atoms with Gasteiger partial charge in [-0.3, -0.25) is 4.79 Å². The summed E-state index contributed by atoms with van der Waals surface area (Å²) in [5.41, 5.74) is 4.32. The molecule has 0 aromatic heterocycles. The topological polar surface area (TPSA) is 78.6 Å². The first-order valence-electron chi connectivity index (χ1n) is 5.58. The molecule has 0 heterocycles. The predicted octanol–water partition coefficient (Wildman–Crippen LogP) is 1.76. The molecule has 5 nitrogen and oxygen atoms in total. The van der Waals surface area contributed by atoms with Crippen LogP contribution in [0.4, 0.5) is 10.1 Å². The second-order valence-electron chi connectivity index (χ2n) is 4.69. The van der Waals surface area contributed by atoms with Gasteiger partial charge in [-0.1, -0.05) is 0 Å². The largest absolute Gasteiger partial charge is 0.469 e. The molecule has 0 aliphatic heterocycles. The molecule has 19 heavy (non-hydrogen) atoms. The number of halogens is 1. The van der Waals surface area contributed by atoms with Gasteiger partial charge >= 0.3 is 11.9 Å². The summed E-state index contributed by atoms with van der Waals surface area (Å²) in [4.78, 5) is 23.1. The number of nitrogens with two attached hydrogens (primary N) is 1. The van der Waals surface area contributed by atoms with Crippen molar-refractivity contribution in [2.24, 2.45) is 5.41 Å². The average molecular weight is 269 g/mol. The van der Waals surface area contributed by atoms with Gasteiger partial charge < -0.3 is 15.2 Å². The van der Waals surface area contributed by atoms with Crippen LogP contribution in [0, 0.1) is 11.2 Å². The minimum absolute atomic E-state index is 0.0346. The molecule has 0 radical (unpaired) electrons. The van der Waals surface area contributed by atoms with E-state index in [1.54, 1.807) is 13.8 Å². The molecule has 0 aliphatic carbocycles. The predicted molar refractivity (Wildman–Crippen MR) is 66.9 cm³/mol. The average Bonchev–Trinajstić information content (AvgIpc) is 2.38. The van der Waals surface area contributed by atoms with Crippen molar-refractivity contribution in [3.8, 4) is 0 Å². The van der Waals surface area contributed by atoms with Crippen molar-refractivity contribution in [1.82, 2.24) is 0 Å². The summed E-state index contributed by atoms with van der Waals surface area (Å²) in [6.45, 7) is 3.00. The van der Waals surface area contributed by atoms with Crippen molar-refractivity contribution in [1.29, 1.82) is 0 Å². The maximum absolute atomic E-state index is 13.2. The Morgan fingerprint density at radius 1 is 1.37 bits per heavy atom. The summed E-state index contributed by atoms with van der Waals surface area (Å²) in [6.07, 6.45) is 0. The van der Waals surface area contributed by atoms with Gasteiger partial charge in [-0.25, -0.2) is 9.18 Å². The number of ether oxygens (including phenoxy) is 2. The van der Waals surface area contributed by atoms with Gasteiger partial charge in [0.1, 0.15) is 12.4 Å². The van der Waals surface area contributed by atoms with Gasteiger partial charge in [0.05, 0.1) is 23.8 Å². The van der Waals surface area contributed by atoms with Crippen LogP contribution >= 0.6 is 0 Å². The molecule has 0 saturated heterocycles. The van der Waals surface area contributed by atoms with E-state index in [4.69, 9.17) is 10.5 Å². The first-order valence-corrected chi connectivity index (χ1v) is 5.58. The maximum atomic E-state index is 13.2. The summed E-state index contributed by atoms with van der Waals surface area (Å²) in [6, 6.07) is 3.62. The van der Waals surface area contributed by atoms with E-state index in [0.717, 1.165) is 6.07 Å².